The fourth-order valence-electron chi connectivity index (χ4n) is 1.95. The summed E-state index contributed by atoms with van der Waals surface area (Å²) in [7, 11) is 0.295. The molecule has 2 fully saturated rings. The predicted octanol–water partition coefficient (Wildman–Crippen LogP) is 1.50. The summed E-state index contributed by atoms with van der Waals surface area (Å²) in [4.78, 5) is 0.532. The van der Waals surface area contributed by atoms with E-state index >= 15 is 0 Å². The summed E-state index contributed by atoms with van der Waals surface area (Å²) >= 11 is 0.647. The Balaban J connectivity index is 2.01. The number of fused-ring (bicyclic) bond motifs is 2. The van der Waals surface area contributed by atoms with Crippen LogP contribution in [0.15, 0.2) is 0 Å². The van der Waals surface area contributed by atoms with Gasteiger partial charge in [-0.3, -0.25) is 0 Å². The summed E-state index contributed by atoms with van der Waals surface area (Å²) in [5, 5.41) is 1.20. The van der Waals surface area contributed by atoms with Crippen LogP contribution in [0.2, 0.25) is 29.8 Å². The van der Waals surface area contributed by atoms with Crippen molar-refractivity contribution in [1.29, 1.82) is 0 Å². The molecule has 0 spiro atoms. The maximum absolute atomic E-state index is 6.17. The molecule has 0 aliphatic carbocycles. The number of hydrogen-bond donors (Lipinski definition) is 0. The Kier molecular flexibility index (Phi) is 3.08. The van der Waals surface area contributed by atoms with Gasteiger partial charge in [0.25, 0.3) is 0 Å². The summed E-state index contributed by atoms with van der Waals surface area (Å²) in [6.07, 6.45) is 0.651. The van der Waals surface area contributed by atoms with Crippen molar-refractivity contribution in [3.8, 4) is 0 Å². The van der Waals surface area contributed by atoms with E-state index in [1.807, 2.05) is 0 Å². The second-order valence-electron chi connectivity index (χ2n) is 4.77. The molecule has 2 heterocycles. The molecule has 4 atom stereocenters. The van der Waals surface area contributed by atoms with Crippen molar-refractivity contribution in [3.63, 3.8) is 0 Å². The first kappa shape index (κ1) is 11.1. The van der Waals surface area contributed by atoms with Crippen molar-refractivity contribution < 1.29 is 13.9 Å². The topological polar surface area (TPSA) is 27.7 Å². The van der Waals surface area contributed by atoms with Crippen LogP contribution in [0.25, 0.3) is 0 Å². The number of hydrogen-bond acceptors (Lipinski definition) is 3. The minimum absolute atomic E-state index is 0.00935. The van der Waals surface area contributed by atoms with E-state index in [-0.39, 0.29) is 6.29 Å². The Labute approximate surface area is 92.8 Å². The molecule has 82 valence electrons. The van der Waals surface area contributed by atoms with E-state index < -0.39 is 8.32 Å². The zero-order chi connectivity index (χ0) is 10.3. The molecular formula is C9H18O3SeSi. The van der Waals surface area contributed by atoms with E-state index in [1.54, 1.807) is 7.11 Å². The van der Waals surface area contributed by atoms with Gasteiger partial charge in [-0.2, -0.15) is 0 Å². The van der Waals surface area contributed by atoms with Crippen LogP contribution in [0.3, 0.4) is 0 Å². The summed E-state index contributed by atoms with van der Waals surface area (Å²) in [6, 6.07) is 0. The van der Waals surface area contributed by atoms with E-state index in [0.717, 1.165) is 0 Å². The molecule has 0 aromatic heterocycles. The SMILES string of the molecule is CO[C@H]1O[C@@H]2C[Se][C@H]1[C@@H]2O[Si](C)(C)C. The van der Waals surface area contributed by atoms with Crippen LogP contribution in [0, 0.1) is 0 Å². The molecule has 14 heavy (non-hydrogen) atoms. The van der Waals surface area contributed by atoms with Gasteiger partial charge in [-0.25, -0.2) is 0 Å². The monoisotopic (exact) mass is 282 g/mol. The molecule has 0 N–H and O–H groups in total. The summed E-state index contributed by atoms with van der Waals surface area (Å²) in [6.45, 7) is 6.71. The van der Waals surface area contributed by atoms with Crippen molar-refractivity contribution in [2.45, 2.75) is 48.3 Å². The van der Waals surface area contributed by atoms with E-state index in [9.17, 15) is 0 Å². The Hall–Kier alpha value is 0.616. The van der Waals surface area contributed by atoms with Crippen molar-refractivity contribution >= 4 is 23.3 Å². The van der Waals surface area contributed by atoms with Gasteiger partial charge in [-0.1, -0.05) is 0 Å². The fourth-order valence-corrected chi connectivity index (χ4v) is 6.29. The molecular weight excluding hydrogens is 263 g/mol. The zero-order valence-electron chi connectivity index (χ0n) is 9.15. The third-order valence-corrected chi connectivity index (χ3v) is 6.35. The molecule has 0 radical (unpaired) electrons. The Morgan fingerprint density at radius 1 is 1.36 bits per heavy atom. The van der Waals surface area contributed by atoms with Gasteiger partial charge in [0, 0.05) is 0 Å². The quantitative estimate of drug-likeness (QED) is 0.734. The van der Waals surface area contributed by atoms with Gasteiger partial charge in [-0.05, 0) is 0 Å². The van der Waals surface area contributed by atoms with Gasteiger partial charge in [-0.15, -0.1) is 0 Å². The summed E-state index contributed by atoms with van der Waals surface area (Å²) in [5.41, 5.74) is 0. The Bertz CT molecular complexity index is 219. The van der Waals surface area contributed by atoms with Crippen LogP contribution in [0.5, 0.6) is 0 Å². The van der Waals surface area contributed by atoms with Crippen LogP contribution in [-0.2, 0) is 13.9 Å². The Morgan fingerprint density at radius 3 is 2.57 bits per heavy atom. The molecule has 0 aromatic rings. The van der Waals surface area contributed by atoms with Gasteiger partial charge in [0.2, 0.25) is 0 Å². The molecule has 0 amide bonds. The average molecular weight is 281 g/mol. The molecule has 5 heteroatoms. The molecule has 2 aliphatic rings. The standard InChI is InChI=1S/C9H18O3SeSi/c1-10-9-8-7(12-14(2,3)4)6(11-9)5-13-8/h6-9H,5H2,1-4H3/t6-,7-,8+,9+/m1/s1. The first-order valence-electron chi connectivity index (χ1n) is 4.99. The average Bonchev–Trinajstić information content (AvgIpc) is 2.59. The third-order valence-electron chi connectivity index (χ3n) is 2.44. The van der Waals surface area contributed by atoms with Crippen LogP contribution < -0.4 is 0 Å². The predicted molar refractivity (Wildman–Crippen MR) is 58.2 cm³/mol. The maximum atomic E-state index is 6.17. The fraction of sp³-hybridized carbons (Fsp3) is 1.00. The van der Waals surface area contributed by atoms with Crippen LogP contribution in [0.1, 0.15) is 0 Å². The Morgan fingerprint density at radius 2 is 2.07 bits per heavy atom. The van der Waals surface area contributed by atoms with E-state index in [1.165, 1.54) is 5.32 Å². The molecule has 0 aromatic carbocycles. The van der Waals surface area contributed by atoms with Gasteiger partial charge in [0.1, 0.15) is 0 Å². The molecule has 2 aliphatic heterocycles. The van der Waals surface area contributed by atoms with E-state index in [2.05, 4.69) is 19.6 Å². The van der Waals surface area contributed by atoms with Gasteiger partial charge < -0.3 is 0 Å². The normalized spacial score (nSPS) is 42.0. The second kappa shape index (κ2) is 3.89. The van der Waals surface area contributed by atoms with E-state index in [4.69, 9.17) is 13.9 Å². The summed E-state index contributed by atoms with van der Waals surface area (Å²) in [5.74, 6) is 0. The molecule has 2 saturated heterocycles. The van der Waals surface area contributed by atoms with Crippen LogP contribution >= 0.6 is 0 Å². The van der Waals surface area contributed by atoms with Crippen molar-refractivity contribution in [3.05, 3.63) is 0 Å². The van der Waals surface area contributed by atoms with Crippen LogP contribution in [-0.4, -0.2) is 48.9 Å². The van der Waals surface area contributed by atoms with Crippen molar-refractivity contribution in [2.24, 2.45) is 0 Å². The van der Waals surface area contributed by atoms with Gasteiger partial charge in [0.05, 0.1) is 0 Å². The summed E-state index contributed by atoms with van der Waals surface area (Å²) < 4.78 is 17.2. The van der Waals surface area contributed by atoms with Gasteiger partial charge in [0.15, 0.2) is 0 Å². The third kappa shape index (κ3) is 2.08. The number of ether oxygens (including phenoxy) is 2. The van der Waals surface area contributed by atoms with Crippen molar-refractivity contribution in [2.75, 3.05) is 7.11 Å². The molecule has 2 rings (SSSR count). The molecule has 0 unspecified atom stereocenters. The van der Waals surface area contributed by atoms with Crippen molar-refractivity contribution in [1.82, 2.24) is 0 Å². The first-order chi connectivity index (χ1) is 6.51. The number of methoxy groups -OCH3 is 1. The zero-order valence-corrected chi connectivity index (χ0v) is 11.9. The first-order valence-corrected chi connectivity index (χ1v) is 10.6. The second-order valence-corrected chi connectivity index (χ2v) is 11.8. The van der Waals surface area contributed by atoms with Crippen LogP contribution in [0.4, 0.5) is 0 Å². The molecule has 3 nitrogen and oxygen atoms in total. The van der Waals surface area contributed by atoms with E-state index in [0.29, 0.717) is 32.0 Å². The molecule has 2 bridgehead atoms. The number of rotatable bonds is 3. The molecule has 0 saturated carbocycles. The van der Waals surface area contributed by atoms with Gasteiger partial charge >= 0.3 is 92.6 Å². The minimum atomic E-state index is -1.43.